The van der Waals surface area contributed by atoms with Gasteiger partial charge in [-0.3, -0.25) is 14.7 Å². The lowest BCUT2D eigenvalue weighted by molar-refractivity contribution is -0.387. The van der Waals surface area contributed by atoms with E-state index in [0.29, 0.717) is 38.6 Å². The van der Waals surface area contributed by atoms with Crippen LogP contribution >= 0.6 is 0 Å². The van der Waals surface area contributed by atoms with Gasteiger partial charge in [-0.1, -0.05) is 54.6 Å². The molecular weight excluding hydrogens is 458 g/mol. The largest absolute Gasteiger partial charge is 0.493 e. The molecule has 0 aromatic heterocycles. The van der Waals surface area contributed by atoms with E-state index in [0.717, 1.165) is 6.07 Å². The minimum atomic E-state index is -4.97. The summed E-state index contributed by atoms with van der Waals surface area (Å²) in [5.74, 6) is 0.762. The van der Waals surface area contributed by atoms with Crippen LogP contribution in [0.25, 0.3) is 21.5 Å². The molecule has 0 radical (unpaired) electrons. The Kier molecular flexibility index (Phi) is 6.41. The zero-order valence-corrected chi connectivity index (χ0v) is 19.5. The molecule has 0 saturated heterocycles. The van der Waals surface area contributed by atoms with Crippen molar-refractivity contribution in [2.45, 2.75) is 25.2 Å². The summed E-state index contributed by atoms with van der Waals surface area (Å²) in [6.07, 6.45) is 0.0120. The van der Waals surface area contributed by atoms with Crippen LogP contribution in [0, 0.1) is 10.1 Å². The van der Waals surface area contributed by atoms with E-state index in [9.17, 15) is 23.1 Å². The van der Waals surface area contributed by atoms with Crippen molar-refractivity contribution in [2.75, 3.05) is 13.2 Å². The van der Waals surface area contributed by atoms with E-state index in [1.54, 1.807) is 38.1 Å². The summed E-state index contributed by atoms with van der Waals surface area (Å²) in [7, 11) is -4.97. The third-order valence-corrected chi connectivity index (χ3v) is 6.47. The van der Waals surface area contributed by atoms with Crippen LogP contribution in [0.4, 0.5) is 5.69 Å². The summed E-state index contributed by atoms with van der Waals surface area (Å²) in [5, 5.41) is 14.1. The molecule has 0 heterocycles. The fourth-order valence-electron chi connectivity index (χ4n) is 4.29. The highest BCUT2D eigenvalue weighted by atomic mass is 32.2. The van der Waals surface area contributed by atoms with Crippen LogP contribution in [0.5, 0.6) is 11.5 Å². The van der Waals surface area contributed by atoms with E-state index in [1.807, 2.05) is 30.3 Å². The van der Waals surface area contributed by atoms with E-state index >= 15 is 0 Å². The number of nitro benzene ring substituents is 1. The summed E-state index contributed by atoms with van der Waals surface area (Å²) in [5.41, 5.74) is 0.0652. The molecular formula is C25H23NO7S. The van der Waals surface area contributed by atoms with Crippen LogP contribution in [0.3, 0.4) is 0 Å². The van der Waals surface area contributed by atoms with Gasteiger partial charge >= 0.3 is 10.1 Å². The number of hydrogen-bond donors (Lipinski definition) is 1. The van der Waals surface area contributed by atoms with Crippen LogP contribution in [-0.4, -0.2) is 31.1 Å². The van der Waals surface area contributed by atoms with Gasteiger partial charge in [0.25, 0.3) is 5.69 Å². The Labute approximate surface area is 196 Å². The average Bonchev–Trinajstić information content (AvgIpc) is 2.80. The van der Waals surface area contributed by atoms with Crippen molar-refractivity contribution in [1.29, 1.82) is 0 Å². The van der Waals surface area contributed by atoms with Gasteiger partial charge in [0.05, 0.1) is 18.1 Å². The van der Waals surface area contributed by atoms with Crippen molar-refractivity contribution >= 4 is 37.4 Å². The minimum absolute atomic E-state index is 0.0120. The maximum Gasteiger partial charge on any atom is 0.301 e. The van der Waals surface area contributed by atoms with Gasteiger partial charge < -0.3 is 9.47 Å². The molecule has 0 atom stereocenters. The maximum absolute atomic E-state index is 12.5. The molecule has 4 rings (SSSR count). The Bertz CT molecular complexity index is 1500. The number of fused-ring (bicyclic) bond motifs is 2. The van der Waals surface area contributed by atoms with E-state index in [4.69, 9.17) is 9.47 Å². The molecule has 0 amide bonds. The highest BCUT2D eigenvalue weighted by Crippen LogP contribution is 2.48. The third kappa shape index (κ3) is 4.15. The van der Waals surface area contributed by atoms with Gasteiger partial charge in [0.1, 0.15) is 11.5 Å². The van der Waals surface area contributed by atoms with Crippen LogP contribution in [0.2, 0.25) is 0 Å². The van der Waals surface area contributed by atoms with Gasteiger partial charge in [0, 0.05) is 27.6 Å². The SMILES string of the molecule is CCOc1c2ccccc2c(OCC)c2c(Cc3ccccc3)c(S(=O)(=O)O)c([N+](=O)[O-])cc12. The lowest BCUT2D eigenvalue weighted by Crippen LogP contribution is -2.10. The van der Waals surface area contributed by atoms with Crippen LogP contribution in [-0.2, 0) is 16.5 Å². The lowest BCUT2D eigenvalue weighted by Gasteiger charge is -2.20. The van der Waals surface area contributed by atoms with Crippen molar-refractivity contribution in [2.24, 2.45) is 0 Å². The normalized spacial score (nSPS) is 11.6. The van der Waals surface area contributed by atoms with Crippen molar-refractivity contribution in [1.82, 2.24) is 0 Å². The topological polar surface area (TPSA) is 116 Å². The van der Waals surface area contributed by atoms with Crippen molar-refractivity contribution < 1.29 is 27.4 Å². The van der Waals surface area contributed by atoms with Gasteiger partial charge in [-0.15, -0.1) is 0 Å². The molecule has 176 valence electrons. The monoisotopic (exact) mass is 481 g/mol. The van der Waals surface area contributed by atoms with Gasteiger partial charge in [0.15, 0.2) is 4.90 Å². The highest BCUT2D eigenvalue weighted by Gasteiger charge is 2.33. The Morgan fingerprint density at radius 1 is 0.882 bits per heavy atom. The summed E-state index contributed by atoms with van der Waals surface area (Å²) < 4.78 is 47.2. The van der Waals surface area contributed by atoms with Gasteiger partial charge in [-0.2, -0.15) is 8.42 Å². The predicted octanol–water partition coefficient (Wildman–Crippen LogP) is 5.54. The van der Waals surface area contributed by atoms with Gasteiger partial charge in [0.2, 0.25) is 0 Å². The Balaban J connectivity index is 2.31. The van der Waals surface area contributed by atoms with E-state index in [1.165, 1.54) is 0 Å². The summed E-state index contributed by atoms with van der Waals surface area (Å²) in [4.78, 5) is 10.5. The molecule has 0 aliphatic carbocycles. The first-order valence-electron chi connectivity index (χ1n) is 10.7. The molecule has 9 heteroatoms. The molecule has 0 fully saturated rings. The molecule has 8 nitrogen and oxygen atoms in total. The molecule has 4 aromatic rings. The number of ether oxygens (including phenoxy) is 2. The second kappa shape index (κ2) is 9.28. The molecule has 0 unspecified atom stereocenters. The van der Waals surface area contributed by atoms with E-state index < -0.39 is 25.6 Å². The van der Waals surface area contributed by atoms with Crippen LogP contribution in [0.1, 0.15) is 25.0 Å². The second-order valence-electron chi connectivity index (χ2n) is 7.59. The van der Waals surface area contributed by atoms with Gasteiger partial charge in [-0.05, 0) is 31.4 Å². The number of hydrogen-bond acceptors (Lipinski definition) is 6. The van der Waals surface area contributed by atoms with E-state index in [-0.39, 0.29) is 25.2 Å². The molecule has 4 aromatic carbocycles. The number of nitro groups is 1. The second-order valence-corrected chi connectivity index (χ2v) is 8.95. The maximum atomic E-state index is 12.5. The lowest BCUT2D eigenvalue weighted by atomic mass is 9.93. The average molecular weight is 482 g/mol. The van der Waals surface area contributed by atoms with Crippen LogP contribution in [0.15, 0.2) is 65.6 Å². The molecule has 0 aliphatic rings. The van der Waals surface area contributed by atoms with Crippen molar-refractivity contribution in [3.63, 3.8) is 0 Å². The summed E-state index contributed by atoms with van der Waals surface area (Å²) in [6.45, 7) is 4.15. The first-order chi connectivity index (χ1) is 16.3. The Morgan fingerprint density at radius 2 is 1.44 bits per heavy atom. The molecule has 0 saturated carbocycles. The third-order valence-electron chi connectivity index (χ3n) is 5.50. The molecule has 0 spiro atoms. The number of rotatable bonds is 8. The smallest absolute Gasteiger partial charge is 0.301 e. The van der Waals surface area contributed by atoms with E-state index in [2.05, 4.69) is 0 Å². The predicted molar refractivity (Wildman–Crippen MR) is 130 cm³/mol. The molecule has 0 aliphatic heterocycles. The van der Waals surface area contributed by atoms with Crippen molar-refractivity contribution in [3.05, 3.63) is 81.9 Å². The highest BCUT2D eigenvalue weighted by molar-refractivity contribution is 7.86. The molecule has 0 bridgehead atoms. The number of nitrogens with zero attached hydrogens (tertiary/aromatic N) is 1. The number of benzene rings is 4. The molecule has 34 heavy (non-hydrogen) atoms. The quantitative estimate of drug-likeness (QED) is 0.152. The Morgan fingerprint density at radius 3 is 2.00 bits per heavy atom. The Hall–Kier alpha value is -3.69. The zero-order chi connectivity index (χ0) is 24.5. The molecule has 1 N–H and O–H groups in total. The minimum Gasteiger partial charge on any atom is -0.493 e. The zero-order valence-electron chi connectivity index (χ0n) is 18.6. The summed E-state index contributed by atoms with van der Waals surface area (Å²) in [6, 6.07) is 17.4. The fraction of sp³-hybridized carbons (Fsp3) is 0.200. The van der Waals surface area contributed by atoms with Gasteiger partial charge in [-0.25, -0.2) is 0 Å². The van der Waals surface area contributed by atoms with Crippen LogP contribution < -0.4 is 9.47 Å². The first kappa shape index (κ1) is 23.5. The fourth-order valence-corrected chi connectivity index (χ4v) is 5.17. The standard InChI is InChI=1S/C25H23NO7S/c1-3-32-23-17-12-8-9-13-18(17)24(33-4-2)22-19(23)15-21(26(27)28)25(34(29,30)31)20(22)14-16-10-6-5-7-11-16/h5-13,15H,3-4,14H2,1-2H3,(H,29,30,31). The van der Waals surface area contributed by atoms with Crippen molar-refractivity contribution in [3.8, 4) is 11.5 Å². The summed E-state index contributed by atoms with van der Waals surface area (Å²) >= 11 is 0. The first-order valence-corrected chi connectivity index (χ1v) is 12.2.